The zero-order valence-electron chi connectivity index (χ0n) is 10.1. The van der Waals surface area contributed by atoms with Crippen LogP contribution in [0.15, 0.2) is 0 Å². The van der Waals surface area contributed by atoms with E-state index in [2.05, 4.69) is 5.32 Å². The number of ether oxygens (including phenoxy) is 1. The first-order valence-corrected chi connectivity index (χ1v) is 6.77. The van der Waals surface area contributed by atoms with Gasteiger partial charge in [0.2, 0.25) is 0 Å². The number of hydrogen-bond acceptors (Lipinski definition) is 4. The van der Waals surface area contributed by atoms with Gasteiger partial charge in [0.15, 0.2) is 0 Å². The largest absolute Gasteiger partial charge is 0.444 e. The molecule has 0 radical (unpaired) electrons. The van der Waals surface area contributed by atoms with E-state index in [1.165, 1.54) is 11.8 Å². The van der Waals surface area contributed by atoms with E-state index in [4.69, 9.17) is 17.0 Å². The van der Waals surface area contributed by atoms with Gasteiger partial charge < -0.3 is 15.0 Å². The van der Waals surface area contributed by atoms with E-state index in [-0.39, 0.29) is 12.1 Å². The average Bonchev–Trinajstić information content (AvgIpc) is 2.06. The van der Waals surface area contributed by atoms with Crippen LogP contribution in [0.2, 0.25) is 0 Å². The molecule has 1 heterocycles. The first kappa shape index (κ1) is 13.6. The number of likely N-dealkylation sites (tertiary alicyclic amines) is 1. The highest BCUT2D eigenvalue weighted by atomic mass is 32.2. The number of hydrogen-bond donors (Lipinski definition) is 1. The van der Waals surface area contributed by atoms with Gasteiger partial charge in [0.1, 0.15) is 9.92 Å². The standard InChI is InChI=1S/C10H18N2O2S2/c1-10(2,3)14-9(13)12-5-7(6-12)11-8(15)16-4/h7H,5-6H2,1-4H3,(H,11,15). The van der Waals surface area contributed by atoms with Crippen LogP contribution in [0.25, 0.3) is 0 Å². The molecule has 0 aliphatic carbocycles. The van der Waals surface area contributed by atoms with Gasteiger partial charge in [-0.3, -0.25) is 0 Å². The number of thioether (sulfide) groups is 1. The molecule has 0 aromatic rings. The van der Waals surface area contributed by atoms with Crippen molar-refractivity contribution in [1.82, 2.24) is 10.2 Å². The van der Waals surface area contributed by atoms with Crippen LogP contribution in [0.3, 0.4) is 0 Å². The van der Waals surface area contributed by atoms with Gasteiger partial charge in [0.25, 0.3) is 0 Å². The van der Waals surface area contributed by atoms with Crippen LogP contribution in [0, 0.1) is 0 Å². The van der Waals surface area contributed by atoms with Gasteiger partial charge in [-0.1, -0.05) is 12.2 Å². The Balaban J connectivity index is 2.25. The Kier molecular flexibility index (Phi) is 4.43. The highest BCUT2D eigenvalue weighted by Crippen LogP contribution is 2.15. The fourth-order valence-electron chi connectivity index (χ4n) is 1.27. The summed E-state index contributed by atoms with van der Waals surface area (Å²) < 4.78 is 6.01. The lowest BCUT2D eigenvalue weighted by Gasteiger charge is -2.40. The van der Waals surface area contributed by atoms with E-state index in [0.717, 1.165) is 4.32 Å². The van der Waals surface area contributed by atoms with E-state index in [1.54, 1.807) is 4.90 Å². The zero-order chi connectivity index (χ0) is 12.3. The topological polar surface area (TPSA) is 41.6 Å². The number of rotatable bonds is 1. The number of carbonyl (C=O) groups is 1. The van der Waals surface area contributed by atoms with Crippen molar-refractivity contribution in [2.75, 3.05) is 19.3 Å². The van der Waals surface area contributed by atoms with Crippen LogP contribution in [-0.4, -0.2) is 46.3 Å². The number of carbonyl (C=O) groups excluding carboxylic acids is 1. The lowest BCUT2D eigenvalue weighted by Crippen LogP contribution is -2.61. The normalized spacial score (nSPS) is 16.6. The Hall–Kier alpha value is -0.490. The van der Waals surface area contributed by atoms with Gasteiger partial charge in [0.05, 0.1) is 6.04 Å². The average molecular weight is 262 g/mol. The van der Waals surface area contributed by atoms with E-state index in [0.29, 0.717) is 13.1 Å². The van der Waals surface area contributed by atoms with E-state index in [9.17, 15) is 4.79 Å². The molecule has 1 rings (SSSR count). The molecule has 1 amide bonds. The van der Waals surface area contributed by atoms with Crippen LogP contribution in [0.5, 0.6) is 0 Å². The molecule has 0 aromatic carbocycles. The third-order valence-corrected chi connectivity index (χ3v) is 3.15. The second-order valence-corrected chi connectivity index (χ2v) is 6.20. The van der Waals surface area contributed by atoms with Crippen molar-refractivity contribution in [1.29, 1.82) is 0 Å². The molecule has 1 saturated heterocycles. The maximum atomic E-state index is 11.6. The zero-order valence-corrected chi connectivity index (χ0v) is 11.7. The Labute approximate surface area is 106 Å². The molecule has 0 bridgehead atoms. The molecule has 0 saturated carbocycles. The SMILES string of the molecule is CSC(=S)NC1CN(C(=O)OC(C)(C)C)C1. The molecule has 1 N–H and O–H groups in total. The third kappa shape index (κ3) is 4.17. The maximum absolute atomic E-state index is 11.6. The first-order chi connectivity index (χ1) is 7.31. The molecule has 4 nitrogen and oxygen atoms in total. The second kappa shape index (κ2) is 5.23. The highest BCUT2D eigenvalue weighted by Gasteiger charge is 2.33. The highest BCUT2D eigenvalue weighted by molar-refractivity contribution is 8.22. The first-order valence-electron chi connectivity index (χ1n) is 5.14. The Bertz CT molecular complexity index is 283. The van der Waals surface area contributed by atoms with Crippen molar-refractivity contribution in [2.45, 2.75) is 32.4 Å². The summed E-state index contributed by atoms with van der Waals surface area (Å²) in [6, 6.07) is 0.271. The Morgan fingerprint density at radius 2 is 2.06 bits per heavy atom. The number of amides is 1. The van der Waals surface area contributed by atoms with Crippen molar-refractivity contribution >= 4 is 34.4 Å². The summed E-state index contributed by atoms with van der Waals surface area (Å²) >= 11 is 6.55. The number of nitrogens with zero attached hydrogens (tertiary/aromatic N) is 1. The molecule has 16 heavy (non-hydrogen) atoms. The van der Waals surface area contributed by atoms with Gasteiger partial charge >= 0.3 is 6.09 Å². The number of nitrogens with one attached hydrogen (secondary N) is 1. The Morgan fingerprint density at radius 1 is 1.50 bits per heavy atom. The molecular weight excluding hydrogens is 244 g/mol. The van der Waals surface area contributed by atoms with Crippen molar-refractivity contribution in [3.05, 3.63) is 0 Å². The predicted octanol–water partition coefficient (Wildman–Crippen LogP) is 1.84. The van der Waals surface area contributed by atoms with E-state index in [1.807, 2.05) is 27.0 Å². The summed E-state index contributed by atoms with van der Waals surface area (Å²) in [6.45, 7) is 6.92. The summed E-state index contributed by atoms with van der Waals surface area (Å²) in [5.41, 5.74) is -0.426. The quantitative estimate of drug-likeness (QED) is 0.730. The Morgan fingerprint density at radius 3 is 2.50 bits per heavy atom. The molecule has 6 heteroatoms. The maximum Gasteiger partial charge on any atom is 0.410 e. The van der Waals surface area contributed by atoms with Crippen LogP contribution < -0.4 is 5.32 Å². The van der Waals surface area contributed by atoms with Crippen molar-refractivity contribution in [3.63, 3.8) is 0 Å². The second-order valence-electron chi connectivity index (χ2n) is 4.72. The van der Waals surface area contributed by atoms with Crippen LogP contribution in [0.4, 0.5) is 4.79 Å². The molecule has 1 aliphatic rings. The fraction of sp³-hybridized carbons (Fsp3) is 0.800. The summed E-state index contributed by atoms with van der Waals surface area (Å²) in [4.78, 5) is 13.3. The van der Waals surface area contributed by atoms with E-state index < -0.39 is 5.60 Å². The lowest BCUT2D eigenvalue weighted by atomic mass is 10.1. The molecule has 0 spiro atoms. The smallest absolute Gasteiger partial charge is 0.410 e. The minimum Gasteiger partial charge on any atom is -0.444 e. The van der Waals surface area contributed by atoms with E-state index >= 15 is 0 Å². The van der Waals surface area contributed by atoms with Gasteiger partial charge in [-0.25, -0.2) is 4.79 Å². The summed E-state index contributed by atoms with van der Waals surface area (Å²) in [7, 11) is 0. The minimum absolute atomic E-state index is 0.249. The summed E-state index contributed by atoms with van der Waals surface area (Å²) in [6.07, 6.45) is 1.68. The lowest BCUT2D eigenvalue weighted by molar-refractivity contribution is 0.00723. The molecular formula is C10H18N2O2S2. The monoisotopic (exact) mass is 262 g/mol. The van der Waals surface area contributed by atoms with Crippen LogP contribution in [0.1, 0.15) is 20.8 Å². The molecule has 92 valence electrons. The molecule has 0 unspecified atom stereocenters. The molecule has 0 atom stereocenters. The van der Waals surface area contributed by atoms with Crippen LogP contribution in [-0.2, 0) is 4.74 Å². The van der Waals surface area contributed by atoms with Crippen molar-refractivity contribution in [2.24, 2.45) is 0 Å². The fourth-order valence-corrected chi connectivity index (χ4v) is 1.72. The molecule has 0 aromatic heterocycles. The minimum atomic E-state index is -0.426. The van der Waals surface area contributed by atoms with Crippen molar-refractivity contribution in [3.8, 4) is 0 Å². The van der Waals surface area contributed by atoms with Crippen LogP contribution >= 0.6 is 24.0 Å². The number of thiocarbonyl (C=S) groups is 1. The summed E-state index contributed by atoms with van der Waals surface area (Å²) in [5.74, 6) is 0. The van der Waals surface area contributed by atoms with Gasteiger partial charge in [-0.15, -0.1) is 11.8 Å². The predicted molar refractivity (Wildman–Crippen MR) is 70.8 cm³/mol. The third-order valence-electron chi connectivity index (χ3n) is 2.04. The van der Waals surface area contributed by atoms with Crippen molar-refractivity contribution < 1.29 is 9.53 Å². The van der Waals surface area contributed by atoms with Gasteiger partial charge in [0, 0.05) is 13.1 Å². The van der Waals surface area contributed by atoms with Gasteiger partial charge in [-0.2, -0.15) is 0 Å². The van der Waals surface area contributed by atoms with Gasteiger partial charge in [-0.05, 0) is 27.0 Å². The molecule has 1 fully saturated rings. The summed E-state index contributed by atoms with van der Waals surface area (Å²) in [5, 5.41) is 3.16. The molecule has 1 aliphatic heterocycles.